The van der Waals surface area contributed by atoms with E-state index in [2.05, 4.69) is 4.99 Å². The summed E-state index contributed by atoms with van der Waals surface area (Å²) < 4.78 is 5.06. The molecule has 1 aliphatic heterocycles. The van der Waals surface area contributed by atoms with Crippen LogP contribution in [0.15, 0.2) is 59.2 Å². The van der Waals surface area contributed by atoms with Crippen LogP contribution in [0.2, 0.25) is 0 Å². The number of carbonyl (C=O) groups is 1. The lowest BCUT2D eigenvalue weighted by molar-refractivity contribution is -0.394. The van der Waals surface area contributed by atoms with Crippen LogP contribution in [0.25, 0.3) is 6.08 Å². The summed E-state index contributed by atoms with van der Waals surface area (Å²) in [4.78, 5) is 36.4. The third-order valence-corrected chi connectivity index (χ3v) is 3.36. The van der Waals surface area contributed by atoms with Crippen molar-refractivity contribution >= 4 is 29.3 Å². The number of hydrogen-bond acceptors (Lipinski definition) is 7. The molecular formula is C16H9N3O6. The van der Waals surface area contributed by atoms with Gasteiger partial charge in [0, 0.05) is 11.6 Å². The monoisotopic (exact) mass is 339 g/mol. The third kappa shape index (κ3) is 3.24. The summed E-state index contributed by atoms with van der Waals surface area (Å²) >= 11 is 0. The largest absolute Gasteiger partial charge is 0.402 e. The fraction of sp³-hybridized carbons (Fsp3) is 0. The molecule has 9 heteroatoms. The maximum absolute atomic E-state index is 11.9. The molecule has 0 saturated heterocycles. The Hall–Kier alpha value is -3.88. The lowest BCUT2D eigenvalue weighted by Crippen LogP contribution is -2.05. The molecule has 0 saturated carbocycles. The highest BCUT2D eigenvalue weighted by atomic mass is 16.6. The van der Waals surface area contributed by atoms with Gasteiger partial charge in [0.2, 0.25) is 5.90 Å². The molecule has 1 aliphatic rings. The van der Waals surface area contributed by atoms with E-state index >= 15 is 0 Å². The van der Waals surface area contributed by atoms with E-state index in [-0.39, 0.29) is 17.2 Å². The van der Waals surface area contributed by atoms with Crippen LogP contribution < -0.4 is 0 Å². The number of esters is 1. The van der Waals surface area contributed by atoms with E-state index < -0.39 is 27.2 Å². The molecule has 3 rings (SSSR count). The van der Waals surface area contributed by atoms with E-state index in [0.29, 0.717) is 5.56 Å². The van der Waals surface area contributed by atoms with Crippen LogP contribution >= 0.6 is 0 Å². The summed E-state index contributed by atoms with van der Waals surface area (Å²) in [6.07, 6.45) is 1.17. The second kappa shape index (κ2) is 6.32. The average molecular weight is 339 g/mol. The number of ether oxygens (including phenoxy) is 1. The molecule has 0 unspecified atom stereocenters. The number of aliphatic imine (C=N–C) groups is 1. The first kappa shape index (κ1) is 16.0. The van der Waals surface area contributed by atoms with Crippen LogP contribution in [0.1, 0.15) is 11.1 Å². The number of non-ortho nitro benzene ring substituents is 1. The number of rotatable bonds is 4. The molecule has 0 aliphatic carbocycles. The van der Waals surface area contributed by atoms with Crippen LogP contribution in [-0.2, 0) is 9.53 Å². The predicted molar refractivity (Wildman–Crippen MR) is 86.8 cm³/mol. The van der Waals surface area contributed by atoms with Crippen molar-refractivity contribution in [2.75, 3.05) is 0 Å². The topological polar surface area (TPSA) is 125 Å². The van der Waals surface area contributed by atoms with Gasteiger partial charge in [-0.1, -0.05) is 18.2 Å². The molecule has 0 radical (unpaired) electrons. The van der Waals surface area contributed by atoms with E-state index in [1.54, 1.807) is 30.3 Å². The first-order chi connectivity index (χ1) is 12.0. The first-order valence-corrected chi connectivity index (χ1v) is 6.96. The third-order valence-electron chi connectivity index (χ3n) is 3.36. The molecule has 0 aromatic heterocycles. The van der Waals surface area contributed by atoms with Crippen molar-refractivity contribution in [1.82, 2.24) is 0 Å². The van der Waals surface area contributed by atoms with Crippen LogP contribution in [-0.4, -0.2) is 21.7 Å². The van der Waals surface area contributed by atoms with Gasteiger partial charge in [-0.2, -0.15) is 0 Å². The van der Waals surface area contributed by atoms with E-state index in [9.17, 15) is 25.0 Å². The normalized spacial score (nSPS) is 15.0. The molecule has 124 valence electrons. The van der Waals surface area contributed by atoms with Crippen molar-refractivity contribution in [2.45, 2.75) is 0 Å². The summed E-state index contributed by atoms with van der Waals surface area (Å²) in [6.45, 7) is 0. The Morgan fingerprint density at radius 1 is 1.00 bits per heavy atom. The molecule has 0 N–H and O–H groups in total. The van der Waals surface area contributed by atoms with E-state index in [1.165, 1.54) is 12.1 Å². The number of nitrogens with zero attached hydrogens (tertiary/aromatic N) is 3. The highest BCUT2D eigenvalue weighted by molar-refractivity contribution is 6.13. The van der Waals surface area contributed by atoms with Gasteiger partial charge in [0.15, 0.2) is 5.70 Å². The van der Waals surface area contributed by atoms with Crippen LogP contribution in [0, 0.1) is 20.2 Å². The number of hydrogen-bond donors (Lipinski definition) is 0. The van der Waals surface area contributed by atoms with Crippen molar-refractivity contribution in [3.8, 4) is 0 Å². The molecule has 2 aromatic carbocycles. The van der Waals surface area contributed by atoms with Gasteiger partial charge in [0.25, 0.3) is 11.4 Å². The minimum Gasteiger partial charge on any atom is -0.402 e. The highest BCUT2D eigenvalue weighted by Gasteiger charge is 2.26. The Kier molecular flexibility index (Phi) is 4.04. The van der Waals surface area contributed by atoms with Gasteiger partial charge in [0.05, 0.1) is 21.5 Å². The lowest BCUT2D eigenvalue weighted by atomic mass is 10.1. The number of nitro groups is 2. The van der Waals surface area contributed by atoms with Gasteiger partial charge < -0.3 is 4.74 Å². The van der Waals surface area contributed by atoms with Crippen molar-refractivity contribution in [3.63, 3.8) is 0 Å². The Morgan fingerprint density at radius 2 is 1.72 bits per heavy atom. The SMILES string of the molecule is O=C1OC(c2ccccc2)=N/C1=C/c1ccc([N+](=O)[O-])cc1[N+](=O)[O-]. The fourth-order valence-electron chi connectivity index (χ4n) is 2.19. The van der Waals surface area contributed by atoms with Crippen molar-refractivity contribution in [1.29, 1.82) is 0 Å². The number of carbonyl (C=O) groups excluding carboxylic acids is 1. The molecule has 2 aromatic rings. The second-order valence-corrected chi connectivity index (χ2v) is 4.96. The Morgan fingerprint density at radius 3 is 2.36 bits per heavy atom. The molecule has 0 atom stereocenters. The fourth-order valence-corrected chi connectivity index (χ4v) is 2.19. The standard InChI is InChI=1S/C16H9N3O6/c20-16-13(17-15(25-16)10-4-2-1-3-5-10)8-11-6-7-12(18(21)22)9-14(11)19(23)24/h1-9H/b13-8+. The molecule has 0 fully saturated rings. The van der Waals surface area contributed by atoms with E-state index in [1.807, 2.05) is 0 Å². The summed E-state index contributed by atoms with van der Waals surface area (Å²) in [5.41, 5.74) is -0.456. The number of benzene rings is 2. The van der Waals surface area contributed by atoms with Gasteiger partial charge in [-0.3, -0.25) is 20.2 Å². The van der Waals surface area contributed by atoms with Crippen molar-refractivity contribution in [2.24, 2.45) is 4.99 Å². The summed E-state index contributed by atoms with van der Waals surface area (Å²) in [6, 6.07) is 11.8. The first-order valence-electron chi connectivity index (χ1n) is 6.96. The molecular weight excluding hydrogens is 330 g/mol. The zero-order valence-electron chi connectivity index (χ0n) is 12.5. The van der Waals surface area contributed by atoms with E-state index in [0.717, 1.165) is 12.1 Å². The van der Waals surface area contributed by atoms with Gasteiger partial charge in [0.1, 0.15) is 0 Å². The van der Waals surface area contributed by atoms with Crippen LogP contribution in [0.3, 0.4) is 0 Å². The van der Waals surface area contributed by atoms with E-state index in [4.69, 9.17) is 4.74 Å². The molecule has 1 heterocycles. The lowest BCUT2D eigenvalue weighted by Gasteiger charge is -1.98. The van der Waals surface area contributed by atoms with Gasteiger partial charge in [-0.05, 0) is 24.3 Å². The van der Waals surface area contributed by atoms with Crippen molar-refractivity contribution in [3.05, 3.63) is 85.6 Å². The highest BCUT2D eigenvalue weighted by Crippen LogP contribution is 2.28. The zero-order chi connectivity index (χ0) is 18.0. The molecule has 9 nitrogen and oxygen atoms in total. The number of nitro benzene ring substituents is 2. The van der Waals surface area contributed by atoms with Gasteiger partial charge >= 0.3 is 5.97 Å². The van der Waals surface area contributed by atoms with Gasteiger partial charge in [-0.15, -0.1) is 0 Å². The number of cyclic esters (lactones) is 1. The minimum atomic E-state index is -0.762. The molecule has 0 amide bonds. The minimum absolute atomic E-state index is 0.0145. The Labute approximate surface area is 140 Å². The molecule has 0 bridgehead atoms. The quantitative estimate of drug-likeness (QED) is 0.365. The maximum Gasteiger partial charge on any atom is 0.363 e. The summed E-state index contributed by atoms with van der Waals surface area (Å²) in [5, 5.41) is 21.9. The smallest absolute Gasteiger partial charge is 0.363 e. The van der Waals surface area contributed by atoms with Crippen LogP contribution in [0.5, 0.6) is 0 Å². The molecule has 25 heavy (non-hydrogen) atoms. The summed E-state index contributed by atoms with van der Waals surface area (Å²) in [7, 11) is 0. The zero-order valence-corrected chi connectivity index (χ0v) is 12.5. The predicted octanol–water partition coefficient (Wildman–Crippen LogP) is 2.85. The van der Waals surface area contributed by atoms with Crippen molar-refractivity contribution < 1.29 is 19.4 Å². The van der Waals surface area contributed by atoms with Crippen LogP contribution in [0.4, 0.5) is 11.4 Å². The molecule has 0 spiro atoms. The Balaban J connectivity index is 2.03. The second-order valence-electron chi connectivity index (χ2n) is 4.96. The Bertz CT molecular complexity index is 950. The van der Waals surface area contributed by atoms with Gasteiger partial charge in [-0.25, -0.2) is 9.79 Å². The summed E-state index contributed by atoms with van der Waals surface area (Å²) in [5.74, 6) is -0.673. The average Bonchev–Trinajstić information content (AvgIpc) is 2.96. The maximum atomic E-state index is 11.9.